The standard InChI is InChI=1S/C14H14BrClFNS/c1-3-18-13(14-10(15)7-8(2)19-14)9-5-4-6-11(16)12(9)17/h4-7,13,18H,3H2,1-2H3. The summed E-state index contributed by atoms with van der Waals surface area (Å²) in [6.07, 6.45) is 0. The Hall–Kier alpha value is -0.420. The normalized spacial score (nSPS) is 12.7. The van der Waals surface area contributed by atoms with Gasteiger partial charge in [-0.2, -0.15) is 0 Å². The van der Waals surface area contributed by atoms with E-state index < -0.39 is 0 Å². The SMILES string of the molecule is CCNC(c1cccc(Cl)c1F)c1sc(C)cc1Br. The second-order valence-corrected chi connectivity index (χ2v) is 6.75. The van der Waals surface area contributed by atoms with E-state index >= 15 is 0 Å². The topological polar surface area (TPSA) is 12.0 Å². The third-order valence-electron chi connectivity index (χ3n) is 2.80. The smallest absolute Gasteiger partial charge is 0.146 e. The Bertz CT molecular complexity index is 585. The zero-order valence-corrected chi connectivity index (χ0v) is 13.8. The van der Waals surface area contributed by atoms with Gasteiger partial charge in [-0.15, -0.1) is 11.3 Å². The first-order valence-corrected chi connectivity index (χ1v) is 7.96. The predicted molar refractivity (Wildman–Crippen MR) is 83.7 cm³/mol. The van der Waals surface area contributed by atoms with Crippen LogP contribution in [0.4, 0.5) is 4.39 Å². The zero-order valence-electron chi connectivity index (χ0n) is 10.6. The van der Waals surface area contributed by atoms with Crippen LogP contribution in [0, 0.1) is 12.7 Å². The third kappa shape index (κ3) is 3.19. The number of hydrogen-bond donors (Lipinski definition) is 1. The van der Waals surface area contributed by atoms with Crippen molar-refractivity contribution in [2.45, 2.75) is 19.9 Å². The highest BCUT2D eigenvalue weighted by Crippen LogP contribution is 2.37. The number of rotatable bonds is 4. The van der Waals surface area contributed by atoms with E-state index in [0.717, 1.165) is 15.9 Å². The monoisotopic (exact) mass is 361 g/mol. The van der Waals surface area contributed by atoms with Crippen LogP contribution in [0.1, 0.15) is 28.3 Å². The number of nitrogens with one attached hydrogen (secondary N) is 1. The lowest BCUT2D eigenvalue weighted by Gasteiger charge is -2.19. The van der Waals surface area contributed by atoms with E-state index in [1.165, 1.54) is 4.88 Å². The van der Waals surface area contributed by atoms with E-state index in [1.54, 1.807) is 29.5 Å². The van der Waals surface area contributed by atoms with Crippen molar-refractivity contribution in [3.63, 3.8) is 0 Å². The van der Waals surface area contributed by atoms with Gasteiger partial charge in [0, 0.05) is 19.8 Å². The van der Waals surface area contributed by atoms with Crippen molar-refractivity contribution < 1.29 is 4.39 Å². The number of aryl methyl sites for hydroxylation is 1. The van der Waals surface area contributed by atoms with Gasteiger partial charge in [0.25, 0.3) is 0 Å². The molecule has 1 aromatic heterocycles. The summed E-state index contributed by atoms with van der Waals surface area (Å²) in [5.41, 5.74) is 0.580. The molecule has 0 spiro atoms. The highest BCUT2D eigenvalue weighted by Gasteiger charge is 2.22. The van der Waals surface area contributed by atoms with Crippen molar-refractivity contribution >= 4 is 38.9 Å². The van der Waals surface area contributed by atoms with Crippen molar-refractivity contribution in [2.24, 2.45) is 0 Å². The van der Waals surface area contributed by atoms with Gasteiger partial charge in [-0.1, -0.05) is 30.7 Å². The minimum Gasteiger partial charge on any atom is -0.306 e. The summed E-state index contributed by atoms with van der Waals surface area (Å²) in [4.78, 5) is 2.26. The summed E-state index contributed by atoms with van der Waals surface area (Å²) < 4.78 is 15.2. The van der Waals surface area contributed by atoms with Crippen LogP contribution in [0.25, 0.3) is 0 Å². The molecule has 1 N–H and O–H groups in total. The molecule has 1 heterocycles. The van der Waals surface area contributed by atoms with Crippen LogP contribution < -0.4 is 5.32 Å². The summed E-state index contributed by atoms with van der Waals surface area (Å²) in [6.45, 7) is 4.79. The van der Waals surface area contributed by atoms with Gasteiger partial charge in [0.15, 0.2) is 0 Å². The quantitative estimate of drug-likeness (QED) is 0.777. The summed E-state index contributed by atoms with van der Waals surface area (Å²) >= 11 is 11.1. The van der Waals surface area contributed by atoms with Gasteiger partial charge in [-0.25, -0.2) is 4.39 Å². The maximum Gasteiger partial charge on any atom is 0.146 e. The molecule has 0 aliphatic carbocycles. The Morgan fingerprint density at radius 1 is 1.47 bits per heavy atom. The minimum absolute atomic E-state index is 0.157. The molecule has 1 aromatic carbocycles. The van der Waals surface area contributed by atoms with Gasteiger partial charge in [0.1, 0.15) is 5.82 Å². The first kappa shape index (κ1) is 15.0. The summed E-state index contributed by atoms with van der Waals surface area (Å²) in [5.74, 6) is -0.354. The first-order chi connectivity index (χ1) is 9.04. The molecule has 0 amide bonds. The second-order valence-electron chi connectivity index (χ2n) is 4.20. The fraction of sp³-hybridized carbons (Fsp3) is 0.286. The van der Waals surface area contributed by atoms with Crippen LogP contribution in [0.3, 0.4) is 0 Å². The molecule has 1 atom stereocenters. The molecule has 0 aliphatic rings. The van der Waals surface area contributed by atoms with Crippen molar-refractivity contribution in [3.05, 3.63) is 54.9 Å². The Morgan fingerprint density at radius 2 is 2.21 bits per heavy atom. The molecule has 0 saturated carbocycles. The fourth-order valence-electron chi connectivity index (χ4n) is 1.99. The molecule has 0 radical (unpaired) electrons. The molecule has 0 bridgehead atoms. The van der Waals surface area contributed by atoms with Crippen LogP contribution in [-0.2, 0) is 0 Å². The molecule has 1 unspecified atom stereocenters. The maximum atomic E-state index is 14.2. The van der Waals surface area contributed by atoms with Crippen molar-refractivity contribution in [3.8, 4) is 0 Å². The van der Waals surface area contributed by atoms with E-state index in [0.29, 0.717) is 5.56 Å². The predicted octanol–water partition coefficient (Wildman–Crippen LogP) is 5.31. The second kappa shape index (κ2) is 6.35. The lowest BCUT2D eigenvalue weighted by molar-refractivity contribution is 0.562. The van der Waals surface area contributed by atoms with E-state index in [-0.39, 0.29) is 16.9 Å². The maximum absolute atomic E-state index is 14.2. The van der Waals surface area contributed by atoms with Gasteiger partial charge in [-0.3, -0.25) is 0 Å². The molecule has 0 saturated heterocycles. The zero-order chi connectivity index (χ0) is 14.0. The lowest BCUT2D eigenvalue weighted by atomic mass is 10.0. The van der Waals surface area contributed by atoms with Crippen molar-refractivity contribution in [1.82, 2.24) is 5.32 Å². The van der Waals surface area contributed by atoms with Crippen LogP contribution in [-0.4, -0.2) is 6.54 Å². The molecule has 0 aliphatic heterocycles. The minimum atomic E-state index is -0.354. The first-order valence-electron chi connectivity index (χ1n) is 5.97. The highest BCUT2D eigenvalue weighted by atomic mass is 79.9. The number of thiophene rings is 1. The Kier molecular flexibility index (Phi) is 5.01. The van der Waals surface area contributed by atoms with Crippen molar-refractivity contribution in [1.29, 1.82) is 0 Å². The summed E-state index contributed by atoms with van der Waals surface area (Å²) in [6, 6.07) is 6.98. The van der Waals surface area contributed by atoms with E-state index in [2.05, 4.69) is 21.2 Å². The molecule has 102 valence electrons. The highest BCUT2D eigenvalue weighted by molar-refractivity contribution is 9.10. The molecule has 2 aromatic rings. The molecule has 5 heteroatoms. The number of hydrogen-bond acceptors (Lipinski definition) is 2. The Labute approximate surface area is 129 Å². The number of halogens is 3. The van der Waals surface area contributed by atoms with Crippen LogP contribution in [0.15, 0.2) is 28.7 Å². The van der Waals surface area contributed by atoms with E-state index in [1.807, 2.05) is 19.9 Å². The summed E-state index contributed by atoms with van der Waals surface area (Å²) in [7, 11) is 0. The van der Waals surface area contributed by atoms with Crippen LogP contribution in [0.2, 0.25) is 5.02 Å². The average Bonchev–Trinajstić information content (AvgIpc) is 2.69. The molecule has 19 heavy (non-hydrogen) atoms. The van der Waals surface area contributed by atoms with Gasteiger partial charge in [0.05, 0.1) is 11.1 Å². The lowest BCUT2D eigenvalue weighted by Crippen LogP contribution is -2.22. The molecular weight excluding hydrogens is 349 g/mol. The molecule has 2 rings (SSSR count). The fourth-order valence-corrected chi connectivity index (χ4v) is 4.15. The van der Waals surface area contributed by atoms with Gasteiger partial charge < -0.3 is 5.32 Å². The third-order valence-corrected chi connectivity index (χ3v) is 5.13. The Balaban J connectivity index is 2.51. The Morgan fingerprint density at radius 3 is 2.79 bits per heavy atom. The van der Waals surface area contributed by atoms with E-state index in [9.17, 15) is 4.39 Å². The largest absolute Gasteiger partial charge is 0.306 e. The van der Waals surface area contributed by atoms with Crippen molar-refractivity contribution in [2.75, 3.05) is 6.54 Å². The van der Waals surface area contributed by atoms with Crippen LogP contribution in [0.5, 0.6) is 0 Å². The van der Waals surface area contributed by atoms with Gasteiger partial charge in [-0.05, 0) is 41.5 Å². The summed E-state index contributed by atoms with van der Waals surface area (Å²) in [5, 5.41) is 3.48. The van der Waals surface area contributed by atoms with Gasteiger partial charge >= 0.3 is 0 Å². The van der Waals surface area contributed by atoms with E-state index in [4.69, 9.17) is 11.6 Å². The van der Waals surface area contributed by atoms with Crippen LogP contribution >= 0.6 is 38.9 Å². The van der Waals surface area contributed by atoms with Gasteiger partial charge in [0.2, 0.25) is 0 Å². The molecular formula is C14H14BrClFNS. The molecule has 0 fully saturated rings. The number of benzene rings is 1. The average molecular weight is 363 g/mol. The molecule has 1 nitrogen and oxygen atoms in total.